The van der Waals surface area contributed by atoms with Crippen molar-refractivity contribution in [3.63, 3.8) is 0 Å². The molecule has 1 N–H and O–H groups in total. The number of benzene rings is 2. The molecule has 2 aromatic carbocycles. The first kappa shape index (κ1) is 17.5. The molecule has 0 fully saturated rings. The van der Waals surface area contributed by atoms with Crippen LogP contribution < -0.4 is 0 Å². The number of aliphatic hydroxyl groups excluding tert-OH is 1. The van der Waals surface area contributed by atoms with E-state index in [0.29, 0.717) is 6.42 Å². The third-order valence-electron chi connectivity index (χ3n) is 5.22. The molecule has 0 radical (unpaired) electrons. The monoisotopic (exact) mass is 404 g/mol. The number of aliphatic hydroxyl groups is 1. The number of rotatable bonds is 4. The SMILES string of the molecule is [CH3][Ti](=[O])([SiH3])([Cl])([Cl])([CH2]CCO)[CH]1c2ccccc2-c2ccccc21. The fraction of sp³-hybridized carbons (Fsp3) is 0.294. The molecule has 0 spiro atoms. The summed E-state index contributed by atoms with van der Waals surface area (Å²) in [5.41, 5.74) is 4.00. The third kappa shape index (κ3) is 2.92. The van der Waals surface area contributed by atoms with Crippen molar-refractivity contribution in [1.82, 2.24) is 0 Å². The van der Waals surface area contributed by atoms with Crippen LogP contribution in [0.1, 0.15) is 21.8 Å². The van der Waals surface area contributed by atoms with Crippen molar-refractivity contribution in [2.45, 2.75) is 20.6 Å². The Morgan fingerprint density at radius 1 is 1.04 bits per heavy atom. The van der Waals surface area contributed by atoms with Crippen LogP contribution in [0.2, 0.25) is 9.95 Å². The van der Waals surface area contributed by atoms with Gasteiger partial charge in [-0.2, -0.15) is 0 Å². The Kier molecular flexibility index (Phi) is 3.25. The molecule has 0 atom stereocenters. The Morgan fingerprint density at radius 2 is 1.48 bits per heavy atom. The van der Waals surface area contributed by atoms with E-state index in [1.165, 1.54) is 0 Å². The Hall–Kier alpha value is -0.289. The van der Waals surface area contributed by atoms with Gasteiger partial charge in [-0.15, -0.1) is 0 Å². The Morgan fingerprint density at radius 3 is 1.91 bits per heavy atom. The normalized spacial score (nSPS) is 19.2. The molecule has 23 heavy (non-hydrogen) atoms. The third-order valence-corrected chi connectivity index (χ3v) is 21.0. The van der Waals surface area contributed by atoms with E-state index >= 15 is 0 Å². The molecule has 1 aliphatic rings. The number of halogens is 2. The summed E-state index contributed by atoms with van der Waals surface area (Å²) in [5, 5.41) is 10.9. The molecule has 0 aliphatic heterocycles. The molecule has 124 valence electrons. The van der Waals surface area contributed by atoms with Gasteiger partial charge in [0.05, 0.1) is 0 Å². The molecule has 0 saturated carbocycles. The summed E-state index contributed by atoms with van der Waals surface area (Å²) in [5.74, 6) is 0. The summed E-state index contributed by atoms with van der Waals surface area (Å²) in [6.07, 6.45) is 0.341. The van der Waals surface area contributed by atoms with Crippen LogP contribution in [0, 0.1) is 0 Å². The molecule has 6 heteroatoms. The van der Waals surface area contributed by atoms with Gasteiger partial charge in [0.25, 0.3) is 0 Å². The Labute approximate surface area is 142 Å². The van der Waals surface area contributed by atoms with Gasteiger partial charge in [0.2, 0.25) is 0 Å². The van der Waals surface area contributed by atoms with Gasteiger partial charge in [0, 0.05) is 0 Å². The van der Waals surface area contributed by atoms with Crippen LogP contribution >= 0.6 is 18.6 Å². The maximum atomic E-state index is 14.6. The van der Waals surface area contributed by atoms with Crippen molar-refractivity contribution in [2.24, 2.45) is 0 Å². The van der Waals surface area contributed by atoms with Crippen LogP contribution in [-0.2, 0) is 13.2 Å². The van der Waals surface area contributed by atoms with Crippen molar-refractivity contribution in [2.75, 3.05) is 6.61 Å². The molecule has 0 heterocycles. The van der Waals surface area contributed by atoms with Crippen molar-refractivity contribution >= 4 is 26.7 Å². The van der Waals surface area contributed by atoms with Gasteiger partial charge in [0.1, 0.15) is 0 Å². The molecule has 2 nitrogen and oxygen atoms in total. The van der Waals surface area contributed by atoms with Crippen molar-refractivity contribution in [3.05, 3.63) is 59.7 Å². The number of fused-ring (bicyclic) bond motifs is 3. The van der Waals surface area contributed by atoms with Crippen molar-refractivity contribution in [3.8, 4) is 11.1 Å². The second-order valence-corrected chi connectivity index (χ2v) is 57.4. The van der Waals surface area contributed by atoms with E-state index in [1.807, 2.05) is 48.5 Å². The quantitative estimate of drug-likeness (QED) is 0.771. The van der Waals surface area contributed by atoms with Crippen LogP contribution in [0.15, 0.2) is 48.5 Å². The molecule has 0 saturated heterocycles. The average Bonchev–Trinajstić information content (AvgIpc) is 2.80. The van der Waals surface area contributed by atoms with Crippen LogP contribution in [-0.4, -0.2) is 19.8 Å². The first-order valence-electron chi connectivity index (χ1n) is 8.02. The second kappa shape index (κ2) is 4.27. The zero-order valence-corrected chi connectivity index (χ0v) is 18.5. The summed E-state index contributed by atoms with van der Waals surface area (Å²) in [7, 11) is 8.23. The van der Waals surface area contributed by atoms with Gasteiger partial charge in [-0.25, -0.2) is 0 Å². The predicted molar refractivity (Wildman–Crippen MR) is 98.4 cm³/mol. The summed E-state index contributed by atoms with van der Waals surface area (Å²) < 4.78 is 14.2. The van der Waals surface area contributed by atoms with Gasteiger partial charge in [-0.1, -0.05) is 0 Å². The van der Waals surface area contributed by atoms with Crippen LogP contribution in [0.3, 0.4) is 0 Å². The van der Waals surface area contributed by atoms with E-state index in [4.69, 9.17) is 18.6 Å². The summed E-state index contributed by atoms with van der Waals surface area (Å²) in [4.78, 5) is 0. The van der Waals surface area contributed by atoms with Crippen molar-refractivity contribution in [1.29, 1.82) is 0 Å². The van der Waals surface area contributed by atoms with Gasteiger partial charge in [0.15, 0.2) is 0 Å². The molecular weight excluding hydrogens is 383 g/mol. The number of hydrogen-bond acceptors (Lipinski definition) is 2. The predicted octanol–water partition coefficient (Wildman–Crippen LogP) is 4.30. The van der Waals surface area contributed by atoms with E-state index in [9.17, 15) is 8.43 Å². The van der Waals surface area contributed by atoms with Gasteiger partial charge >= 0.3 is 143 Å². The fourth-order valence-electron chi connectivity index (χ4n) is 4.24. The van der Waals surface area contributed by atoms with Crippen LogP contribution in [0.4, 0.5) is 0 Å². The molecule has 3 rings (SSSR count). The number of hydrogen-bond donors (Lipinski definition) is 1. The van der Waals surface area contributed by atoms with Gasteiger partial charge in [-0.3, -0.25) is 0 Å². The summed E-state index contributed by atoms with van der Waals surface area (Å²) >= 11 is 0. The Bertz CT molecular complexity index is 866. The Balaban J connectivity index is 2.39. The topological polar surface area (TPSA) is 37.3 Å². The van der Waals surface area contributed by atoms with Crippen molar-refractivity contribution < 1.29 is 18.3 Å². The molecule has 0 amide bonds. The maximum absolute atomic E-state index is 14.6. The molecule has 0 bridgehead atoms. The standard InChI is InChI=1S/C13H9.C3H7O.CH3.2ClH.O.H3Si.Ti/c1-3-7-12-10(5-1)9-11-6-2-4-8-13(11)12;1-2-3-4;;;;;;/h1-9H;4H,1-3H2;1H3;2*1H;;1H3;/q;;;;;;;+2/p-2. The fourth-order valence-corrected chi connectivity index (χ4v) is 18.6. The summed E-state index contributed by atoms with van der Waals surface area (Å²) in [6, 6.07) is 15.8. The van der Waals surface area contributed by atoms with E-state index in [0.717, 1.165) is 22.3 Å². The average molecular weight is 405 g/mol. The molecule has 2 aromatic rings. The van der Waals surface area contributed by atoms with E-state index in [2.05, 4.69) is 0 Å². The zero-order chi connectivity index (χ0) is 17.0. The van der Waals surface area contributed by atoms with Gasteiger partial charge < -0.3 is 0 Å². The molecule has 1 aliphatic carbocycles. The van der Waals surface area contributed by atoms with E-state index < -0.39 is 14.1 Å². The first-order valence-corrected chi connectivity index (χ1v) is 22.2. The minimum atomic E-state index is -6.09. The summed E-state index contributed by atoms with van der Waals surface area (Å²) in [6.45, 7) is -0.0692. The zero-order valence-electron chi connectivity index (χ0n) is 13.4. The molecular formula is C17H22Cl2O2SiTi. The van der Waals surface area contributed by atoms with E-state index in [-0.39, 0.29) is 19.4 Å². The van der Waals surface area contributed by atoms with Crippen LogP contribution in [0.5, 0.6) is 0 Å². The van der Waals surface area contributed by atoms with Crippen LogP contribution in [0.25, 0.3) is 11.1 Å². The minimum absolute atomic E-state index is 0.0692. The molecule has 0 aromatic heterocycles. The molecule has 0 unspecified atom stereocenters. The van der Waals surface area contributed by atoms with Gasteiger partial charge in [-0.05, 0) is 0 Å². The van der Waals surface area contributed by atoms with E-state index in [1.54, 1.807) is 5.23 Å². The first-order chi connectivity index (χ1) is 10.4. The second-order valence-electron chi connectivity index (χ2n) is 8.56.